The number of hydrogen-bond acceptors (Lipinski definition) is 4. The maximum Gasteiger partial charge on any atom is 0.326 e. The van der Waals surface area contributed by atoms with Gasteiger partial charge in [0.05, 0.1) is 13.2 Å². The number of methoxy groups -OCH3 is 1. The molecule has 25 heavy (non-hydrogen) atoms. The molecule has 1 unspecified atom stereocenters. The van der Waals surface area contributed by atoms with Gasteiger partial charge in [-0.05, 0) is 56.2 Å². The third-order valence-electron chi connectivity index (χ3n) is 4.33. The molecule has 0 heterocycles. The number of carbonyl (C=O) groups is 2. The zero-order valence-corrected chi connectivity index (χ0v) is 15.1. The largest absolute Gasteiger partial charge is 0.493 e. The summed E-state index contributed by atoms with van der Waals surface area (Å²) in [4.78, 5) is 23.7. The fourth-order valence-electron chi connectivity index (χ4n) is 3.03. The summed E-state index contributed by atoms with van der Waals surface area (Å²) in [6.07, 6.45) is 4.96. The monoisotopic (exact) mass is 349 g/mol. The molecule has 0 spiro atoms. The van der Waals surface area contributed by atoms with Gasteiger partial charge in [-0.2, -0.15) is 0 Å². The predicted octanol–water partition coefficient (Wildman–Crippen LogP) is 3.25. The van der Waals surface area contributed by atoms with Gasteiger partial charge in [-0.15, -0.1) is 0 Å². The van der Waals surface area contributed by atoms with Crippen LogP contribution in [-0.4, -0.2) is 36.2 Å². The van der Waals surface area contributed by atoms with Gasteiger partial charge in [-0.1, -0.05) is 13.8 Å². The van der Waals surface area contributed by atoms with Gasteiger partial charge >= 0.3 is 5.97 Å². The Kier molecular flexibility index (Phi) is 6.67. The molecule has 0 bridgehead atoms. The quantitative estimate of drug-likeness (QED) is 0.752. The lowest BCUT2D eigenvalue weighted by Crippen LogP contribution is -2.41. The molecule has 1 aromatic carbocycles. The number of hydrogen-bond donors (Lipinski definition) is 2. The van der Waals surface area contributed by atoms with Crippen molar-refractivity contribution in [3.05, 3.63) is 23.8 Å². The van der Waals surface area contributed by atoms with Gasteiger partial charge in [0, 0.05) is 5.56 Å². The molecular weight excluding hydrogens is 322 g/mol. The second-order valence-electron chi connectivity index (χ2n) is 6.88. The van der Waals surface area contributed by atoms with E-state index in [0.717, 1.165) is 12.8 Å². The molecule has 0 radical (unpaired) electrons. The molecular formula is C19H27NO5. The van der Waals surface area contributed by atoms with E-state index >= 15 is 0 Å². The smallest absolute Gasteiger partial charge is 0.326 e. The molecule has 6 nitrogen and oxygen atoms in total. The molecule has 2 N–H and O–H groups in total. The van der Waals surface area contributed by atoms with Crippen molar-refractivity contribution in [2.75, 3.05) is 7.11 Å². The second-order valence-corrected chi connectivity index (χ2v) is 6.88. The van der Waals surface area contributed by atoms with Crippen molar-refractivity contribution >= 4 is 11.9 Å². The van der Waals surface area contributed by atoms with Crippen LogP contribution in [0.5, 0.6) is 11.5 Å². The third kappa shape index (κ3) is 5.37. The molecule has 6 heteroatoms. The summed E-state index contributed by atoms with van der Waals surface area (Å²) >= 11 is 0. The van der Waals surface area contributed by atoms with Crippen molar-refractivity contribution in [3.8, 4) is 11.5 Å². The number of nitrogens with one attached hydrogen (secondary N) is 1. The molecule has 0 aromatic heterocycles. The number of benzene rings is 1. The van der Waals surface area contributed by atoms with Gasteiger partial charge < -0.3 is 19.9 Å². The van der Waals surface area contributed by atoms with Crippen LogP contribution in [0.2, 0.25) is 0 Å². The summed E-state index contributed by atoms with van der Waals surface area (Å²) in [5.74, 6) is -0.203. The highest BCUT2D eigenvalue weighted by molar-refractivity contribution is 5.97. The van der Waals surface area contributed by atoms with Gasteiger partial charge in [0.2, 0.25) is 0 Å². The summed E-state index contributed by atoms with van der Waals surface area (Å²) in [6, 6.07) is 4.03. The standard InChI is InChI=1S/C19H27NO5/c1-12(2)10-15(19(22)23)20-18(21)13-8-9-16(17(11-13)24-3)25-14-6-4-5-7-14/h8-9,11-12,14-15H,4-7,10H2,1-3H3,(H,20,21)(H,22,23). The van der Waals surface area contributed by atoms with Crippen molar-refractivity contribution in [2.45, 2.75) is 58.1 Å². The lowest BCUT2D eigenvalue weighted by Gasteiger charge is -2.18. The Morgan fingerprint density at radius 1 is 1.24 bits per heavy atom. The minimum atomic E-state index is -1.03. The highest BCUT2D eigenvalue weighted by atomic mass is 16.5. The Bertz CT molecular complexity index is 608. The summed E-state index contributed by atoms with van der Waals surface area (Å²) in [5, 5.41) is 11.8. The van der Waals surface area contributed by atoms with Gasteiger partial charge in [-0.25, -0.2) is 4.79 Å². The molecule has 1 atom stereocenters. The van der Waals surface area contributed by atoms with E-state index in [9.17, 15) is 14.7 Å². The van der Waals surface area contributed by atoms with Crippen LogP contribution in [0, 0.1) is 5.92 Å². The number of carbonyl (C=O) groups excluding carboxylic acids is 1. The maximum atomic E-state index is 12.4. The van der Waals surface area contributed by atoms with E-state index in [4.69, 9.17) is 9.47 Å². The summed E-state index contributed by atoms with van der Waals surface area (Å²) in [6.45, 7) is 3.83. The van der Waals surface area contributed by atoms with Crippen LogP contribution in [0.1, 0.15) is 56.3 Å². The first-order valence-electron chi connectivity index (χ1n) is 8.79. The Morgan fingerprint density at radius 2 is 1.92 bits per heavy atom. The van der Waals surface area contributed by atoms with Crippen LogP contribution < -0.4 is 14.8 Å². The molecule has 1 saturated carbocycles. The number of aliphatic carboxylic acids is 1. The van der Waals surface area contributed by atoms with Crippen molar-refractivity contribution in [1.82, 2.24) is 5.32 Å². The zero-order valence-electron chi connectivity index (χ0n) is 15.1. The SMILES string of the molecule is COc1cc(C(=O)NC(CC(C)C)C(=O)O)ccc1OC1CCCC1. The zero-order chi connectivity index (χ0) is 18.4. The van der Waals surface area contributed by atoms with E-state index < -0.39 is 17.9 Å². The van der Waals surface area contributed by atoms with E-state index in [-0.39, 0.29) is 12.0 Å². The summed E-state index contributed by atoms with van der Waals surface area (Å²) in [7, 11) is 1.53. The van der Waals surface area contributed by atoms with Crippen LogP contribution in [0.25, 0.3) is 0 Å². The van der Waals surface area contributed by atoms with E-state index in [1.54, 1.807) is 18.2 Å². The molecule has 0 aliphatic heterocycles. The Hall–Kier alpha value is -2.24. The molecule has 1 aliphatic rings. The number of carboxylic acid groups (broad SMARTS) is 1. The van der Waals surface area contributed by atoms with Crippen molar-refractivity contribution < 1.29 is 24.2 Å². The van der Waals surface area contributed by atoms with Gasteiger partial charge in [0.1, 0.15) is 6.04 Å². The number of carboxylic acids is 1. The fraction of sp³-hybridized carbons (Fsp3) is 0.579. The number of ether oxygens (including phenoxy) is 2. The maximum absolute atomic E-state index is 12.4. The minimum Gasteiger partial charge on any atom is -0.493 e. The van der Waals surface area contributed by atoms with Gasteiger partial charge in [0.25, 0.3) is 5.91 Å². The molecule has 1 amide bonds. The van der Waals surface area contributed by atoms with Crippen LogP contribution in [0.15, 0.2) is 18.2 Å². The Morgan fingerprint density at radius 3 is 2.48 bits per heavy atom. The first-order chi connectivity index (χ1) is 11.9. The third-order valence-corrected chi connectivity index (χ3v) is 4.33. The summed E-state index contributed by atoms with van der Waals surface area (Å²) < 4.78 is 11.3. The van der Waals surface area contributed by atoms with Crippen molar-refractivity contribution in [1.29, 1.82) is 0 Å². The van der Waals surface area contributed by atoms with Crippen molar-refractivity contribution in [3.63, 3.8) is 0 Å². The van der Waals surface area contributed by atoms with Crippen LogP contribution in [-0.2, 0) is 4.79 Å². The molecule has 2 rings (SSSR count). The van der Waals surface area contributed by atoms with E-state index in [0.29, 0.717) is 23.5 Å². The molecule has 0 saturated heterocycles. The summed E-state index contributed by atoms with van der Waals surface area (Å²) in [5.41, 5.74) is 0.352. The average Bonchev–Trinajstić information content (AvgIpc) is 3.07. The Labute approximate surface area is 148 Å². The van der Waals surface area contributed by atoms with Crippen molar-refractivity contribution in [2.24, 2.45) is 5.92 Å². The van der Waals surface area contributed by atoms with E-state index in [1.807, 2.05) is 13.8 Å². The van der Waals surface area contributed by atoms with E-state index in [2.05, 4.69) is 5.32 Å². The fourth-order valence-corrected chi connectivity index (χ4v) is 3.03. The lowest BCUT2D eigenvalue weighted by atomic mass is 10.0. The predicted molar refractivity (Wildman–Crippen MR) is 94.2 cm³/mol. The molecule has 1 fully saturated rings. The normalized spacial score (nSPS) is 15.8. The van der Waals surface area contributed by atoms with Gasteiger partial charge in [-0.3, -0.25) is 4.79 Å². The van der Waals surface area contributed by atoms with Gasteiger partial charge in [0.15, 0.2) is 11.5 Å². The van der Waals surface area contributed by atoms with Crippen LogP contribution >= 0.6 is 0 Å². The second kappa shape index (κ2) is 8.74. The first-order valence-corrected chi connectivity index (χ1v) is 8.79. The topological polar surface area (TPSA) is 84.9 Å². The average molecular weight is 349 g/mol. The highest BCUT2D eigenvalue weighted by Gasteiger charge is 2.23. The lowest BCUT2D eigenvalue weighted by molar-refractivity contribution is -0.139. The Balaban J connectivity index is 2.09. The van der Waals surface area contributed by atoms with Crippen LogP contribution in [0.4, 0.5) is 0 Å². The molecule has 138 valence electrons. The number of amides is 1. The minimum absolute atomic E-state index is 0.165. The highest BCUT2D eigenvalue weighted by Crippen LogP contribution is 2.32. The molecule has 1 aromatic rings. The van der Waals surface area contributed by atoms with Crippen LogP contribution in [0.3, 0.4) is 0 Å². The first kappa shape index (κ1) is 19.1. The molecule has 1 aliphatic carbocycles. The van der Waals surface area contributed by atoms with E-state index in [1.165, 1.54) is 20.0 Å². The number of rotatable bonds is 8.